The van der Waals surface area contributed by atoms with Crippen LogP contribution in [0, 0.1) is 0 Å². The molecule has 0 bridgehead atoms. The van der Waals surface area contributed by atoms with Gasteiger partial charge < -0.3 is 14.2 Å². The van der Waals surface area contributed by atoms with E-state index in [1.165, 1.54) is 49.7 Å². The number of aromatic nitrogens is 2. The molecule has 170 valence electrons. The summed E-state index contributed by atoms with van der Waals surface area (Å²) < 4.78 is 18.7. The highest BCUT2D eigenvalue weighted by molar-refractivity contribution is 5.61. The third kappa shape index (κ3) is 7.88. The summed E-state index contributed by atoms with van der Waals surface area (Å²) in [4.78, 5) is 4.08. The Morgan fingerprint density at radius 3 is 1.81 bits per heavy atom. The maximum absolute atomic E-state index is 5.86. The highest BCUT2D eigenvalue weighted by Gasteiger charge is 2.04. The van der Waals surface area contributed by atoms with E-state index < -0.39 is 0 Å². The summed E-state index contributed by atoms with van der Waals surface area (Å²) in [5.41, 5.74) is 2.44. The predicted octanol–water partition coefficient (Wildman–Crippen LogP) is 5.86. The normalized spacial score (nSPS) is 10.7. The van der Waals surface area contributed by atoms with Crippen LogP contribution >= 0.6 is 0 Å². The Bertz CT molecular complexity index is 892. The number of hydrogen-bond acceptors (Lipinski definition) is 4. The SMILES string of the molecule is COc1cc(OC)cc(OCCCCCCCCC[n+]2ccc(-c3ccncc3)cc2)c1. The number of ether oxygens (including phenoxy) is 3. The van der Waals surface area contributed by atoms with E-state index in [0.29, 0.717) is 0 Å². The lowest BCUT2D eigenvalue weighted by molar-refractivity contribution is -0.697. The number of rotatable bonds is 14. The van der Waals surface area contributed by atoms with Crippen LogP contribution in [0.1, 0.15) is 44.9 Å². The Morgan fingerprint density at radius 1 is 0.656 bits per heavy atom. The van der Waals surface area contributed by atoms with Crippen LogP contribution in [-0.2, 0) is 6.54 Å². The van der Waals surface area contributed by atoms with Gasteiger partial charge in [-0.05, 0) is 36.1 Å². The van der Waals surface area contributed by atoms with Crippen molar-refractivity contribution < 1.29 is 18.8 Å². The van der Waals surface area contributed by atoms with Crippen molar-refractivity contribution in [3.8, 4) is 28.4 Å². The molecule has 2 aromatic heterocycles. The van der Waals surface area contributed by atoms with Crippen LogP contribution in [0.2, 0.25) is 0 Å². The number of benzene rings is 1. The number of hydrogen-bond donors (Lipinski definition) is 0. The van der Waals surface area contributed by atoms with E-state index in [-0.39, 0.29) is 0 Å². The molecule has 0 fully saturated rings. The molecule has 1 aromatic carbocycles. The van der Waals surface area contributed by atoms with Crippen LogP contribution in [0.4, 0.5) is 0 Å². The molecule has 0 aliphatic carbocycles. The number of pyridine rings is 2. The molecule has 3 aromatic rings. The van der Waals surface area contributed by atoms with Crippen molar-refractivity contribution >= 4 is 0 Å². The molecular weight excluding hydrogens is 400 g/mol. The Balaban J connectivity index is 1.22. The molecule has 5 nitrogen and oxygen atoms in total. The largest absolute Gasteiger partial charge is 0.496 e. The fourth-order valence-corrected chi connectivity index (χ4v) is 3.68. The standard InChI is InChI=1S/C27H35N2O3/c1-30-25-20-26(31-2)22-27(21-25)32-19-9-7-5-3-4-6-8-16-29-17-12-24(13-18-29)23-10-14-28-15-11-23/h10-15,17-18,20-22H,3-9,16,19H2,1-2H3/q+1. The second-order valence-corrected chi connectivity index (χ2v) is 7.93. The molecular formula is C27H35N2O3+. The molecule has 0 aliphatic rings. The van der Waals surface area contributed by atoms with Gasteiger partial charge in [0.25, 0.3) is 0 Å². The molecule has 0 unspecified atom stereocenters. The van der Waals surface area contributed by atoms with Gasteiger partial charge in [0.1, 0.15) is 23.8 Å². The number of methoxy groups -OCH3 is 2. The van der Waals surface area contributed by atoms with Gasteiger partial charge in [-0.15, -0.1) is 0 Å². The lowest BCUT2D eigenvalue weighted by Gasteiger charge is -2.10. The third-order valence-electron chi connectivity index (χ3n) is 5.56. The van der Waals surface area contributed by atoms with Crippen molar-refractivity contribution in [2.75, 3.05) is 20.8 Å². The van der Waals surface area contributed by atoms with E-state index in [1.807, 2.05) is 42.7 Å². The van der Waals surface area contributed by atoms with Gasteiger partial charge in [-0.1, -0.05) is 25.7 Å². The first kappa shape index (κ1) is 23.6. The van der Waals surface area contributed by atoms with Crippen molar-refractivity contribution in [1.82, 2.24) is 4.98 Å². The fraction of sp³-hybridized carbons (Fsp3) is 0.407. The van der Waals surface area contributed by atoms with Crippen molar-refractivity contribution in [3.63, 3.8) is 0 Å². The lowest BCUT2D eigenvalue weighted by Crippen LogP contribution is -2.32. The summed E-state index contributed by atoms with van der Waals surface area (Å²) in [6.45, 7) is 1.80. The summed E-state index contributed by atoms with van der Waals surface area (Å²) in [5, 5.41) is 0. The van der Waals surface area contributed by atoms with Crippen LogP contribution in [0.15, 0.2) is 67.3 Å². The first-order valence-electron chi connectivity index (χ1n) is 11.5. The van der Waals surface area contributed by atoms with Crippen molar-refractivity contribution in [2.24, 2.45) is 0 Å². The first-order valence-corrected chi connectivity index (χ1v) is 11.5. The maximum Gasteiger partial charge on any atom is 0.169 e. The van der Waals surface area contributed by atoms with Gasteiger partial charge in [0.15, 0.2) is 12.4 Å². The average molecular weight is 436 g/mol. The van der Waals surface area contributed by atoms with Gasteiger partial charge in [-0.2, -0.15) is 0 Å². The molecule has 0 N–H and O–H groups in total. The molecule has 0 radical (unpaired) electrons. The lowest BCUT2D eigenvalue weighted by atomic mass is 10.1. The van der Waals surface area contributed by atoms with Gasteiger partial charge in [-0.25, -0.2) is 4.57 Å². The quantitative estimate of drug-likeness (QED) is 0.235. The summed E-state index contributed by atoms with van der Waals surface area (Å²) in [6, 6.07) is 14.1. The van der Waals surface area contributed by atoms with E-state index in [4.69, 9.17) is 14.2 Å². The highest BCUT2D eigenvalue weighted by atomic mass is 16.5. The van der Waals surface area contributed by atoms with Gasteiger partial charge in [0.05, 0.1) is 20.8 Å². The monoisotopic (exact) mass is 435 g/mol. The van der Waals surface area contributed by atoms with Crippen LogP contribution in [0.25, 0.3) is 11.1 Å². The van der Waals surface area contributed by atoms with Crippen LogP contribution in [0.3, 0.4) is 0 Å². The molecule has 5 heteroatoms. The molecule has 32 heavy (non-hydrogen) atoms. The second kappa shape index (κ2) is 13.4. The fourth-order valence-electron chi connectivity index (χ4n) is 3.68. The van der Waals surface area contributed by atoms with Gasteiger partial charge >= 0.3 is 0 Å². The average Bonchev–Trinajstić information content (AvgIpc) is 2.85. The molecule has 0 saturated carbocycles. The maximum atomic E-state index is 5.86. The second-order valence-electron chi connectivity index (χ2n) is 7.93. The van der Waals surface area contributed by atoms with E-state index in [9.17, 15) is 0 Å². The summed E-state index contributed by atoms with van der Waals surface area (Å²) in [5.74, 6) is 2.30. The highest BCUT2D eigenvalue weighted by Crippen LogP contribution is 2.27. The molecule has 0 saturated heterocycles. The minimum Gasteiger partial charge on any atom is -0.496 e. The molecule has 0 spiro atoms. The van der Waals surface area contributed by atoms with E-state index in [0.717, 1.165) is 36.8 Å². The smallest absolute Gasteiger partial charge is 0.169 e. The Kier molecular flexibility index (Phi) is 9.84. The van der Waals surface area contributed by atoms with Crippen molar-refractivity contribution in [2.45, 2.75) is 51.5 Å². The predicted molar refractivity (Wildman–Crippen MR) is 127 cm³/mol. The van der Waals surface area contributed by atoms with Crippen LogP contribution < -0.4 is 18.8 Å². The third-order valence-corrected chi connectivity index (χ3v) is 5.56. The Morgan fingerprint density at radius 2 is 1.19 bits per heavy atom. The van der Waals surface area contributed by atoms with Gasteiger partial charge in [0.2, 0.25) is 0 Å². The Hall–Kier alpha value is -3.08. The molecule has 0 atom stereocenters. The minimum absolute atomic E-state index is 0.725. The zero-order chi connectivity index (χ0) is 22.4. The number of nitrogens with zero attached hydrogens (tertiary/aromatic N) is 2. The molecule has 0 aliphatic heterocycles. The van der Waals surface area contributed by atoms with E-state index >= 15 is 0 Å². The van der Waals surface area contributed by atoms with Gasteiger partial charge in [0, 0.05) is 49.1 Å². The minimum atomic E-state index is 0.725. The number of unbranched alkanes of at least 4 members (excludes halogenated alkanes) is 6. The zero-order valence-electron chi connectivity index (χ0n) is 19.3. The van der Waals surface area contributed by atoms with E-state index in [2.05, 4.69) is 34.1 Å². The van der Waals surface area contributed by atoms with Crippen molar-refractivity contribution in [3.05, 3.63) is 67.3 Å². The topological polar surface area (TPSA) is 44.5 Å². The summed E-state index contributed by atoms with van der Waals surface area (Å²) in [6.07, 6.45) is 16.6. The summed E-state index contributed by atoms with van der Waals surface area (Å²) >= 11 is 0. The molecule has 0 amide bonds. The number of aryl methyl sites for hydroxylation is 1. The van der Waals surface area contributed by atoms with Crippen molar-refractivity contribution in [1.29, 1.82) is 0 Å². The zero-order valence-corrected chi connectivity index (χ0v) is 19.3. The first-order chi connectivity index (χ1) is 15.8. The summed E-state index contributed by atoms with van der Waals surface area (Å²) in [7, 11) is 3.30. The van der Waals surface area contributed by atoms with Crippen LogP contribution in [-0.4, -0.2) is 25.8 Å². The van der Waals surface area contributed by atoms with Gasteiger partial charge in [-0.3, -0.25) is 4.98 Å². The molecule has 3 rings (SSSR count). The van der Waals surface area contributed by atoms with Crippen LogP contribution in [0.5, 0.6) is 17.2 Å². The molecule has 2 heterocycles. The Labute approximate surface area is 192 Å². The van der Waals surface area contributed by atoms with E-state index in [1.54, 1.807) is 14.2 Å².